The highest BCUT2D eigenvalue weighted by Gasteiger charge is 2.12. The predicted molar refractivity (Wildman–Crippen MR) is 99.6 cm³/mol. The van der Waals surface area contributed by atoms with E-state index in [0.29, 0.717) is 22.3 Å². The molecule has 2 aromatic heterocycles. The van der Waals surface area contributed by atoms with E-state index >= 15 is 0 Å². The Morgan fingerprint density at radius 3 is 2.75 bits per heavy atom. The summed E-state index contributed by atoms with van der Waals surface area (Å²) in [6.07, 6.45) is 1.12. The Hall–Kier alpha value is -1.82. The summed E-state index contributed by atoms with van der Waals surface area (Å²) in [5, 5.41) is 10.2. The standard InChI is InChI=1S/C17H15Cl2N3OS/c1-2-11-9-16(20-17(23)10-13-4-3-7-24-13)21-22(11)12-5-6-14(18)15(19)8-12/h3-9H,2,10H2,1H3,(H,20,21,23). The van der Waals surface area contributed by atoms with Crippen molar-refractivity contribution in [1.29, 1.82) is 0 Å². The number of nitrogens with zero attached hydrogens (tertiary/aromatic N) is 2. The second kappa shape index (κ2) is 7.38. The fourth-order valence-electron chi connectivity index (χ4n) is 2.33. The number of hydrogen-bond acceptors (Lipinski definition) is 3. The molecule has 0 bridgehead atoms. The molecule has 4 nitrogen and oxygen atoms in total. The SMILES string of the molecule is CCc1cc(NC(=O)Cc2cccs2)nn1-c1ccc(Cl)c(Cl)c1. The summed E-state index contributed by atoms with van der Waals surface area (Å²) in [4.78, 5) is 13.2. The first kappa shape index (κ1) is 17.0. The smallest absolute Gasteiger partial charge is 0.230 e. The molecule has 0 unspecified atom stereocenters. The molecule has 7 heteroatoms. The minimum Gasteiger partial charge on any atom is -0.309 e. The zero-order valence-electron chi connectivity index (χ0n) is 12.9. The topological polar surface area (TPSA) is 46.9 Å². The number of nitrogens with one attached hydrogen (secondary N) is 1. The van der Waals surface area contributed by atoms with Gasteiger partial charge in [0.1, 0.15) is 0 Å². The third-order valence-corrected chi connectivity index (χ3v) is 5.09. The molecule has 0 aliphatic carbocycles. The molecule has 0 saturated carbocycles. The zero-order chi connectivity index (χ0) is 17.1. The van der Waals surface area contributed by atoms with Crippen molar-refractivity contribution in [3.05, 3.63) is 62.4 Å². The van der Waals surface area contributed by atoms with Gasteiger partial charge in [-0.3, -0.25) is 4.79 Å². The molecule has 0 radical (unpaired) electrons. The van der Waals surface area contributed by atoms with E-state index in [1.54, 1.807) is 28.2 Å². The van der Waals surface area contributed by atoms with Gasteiger partial charge in [0.15, 0.2) is 5.82 Å². The minimum atomic E-state index is -0.0844. The number of rotatable bonds is 5. The van der Waals surface area contributed by atoms with Gasteiger partial charge >= 0.3 is 0 Å². The lowest BCUT2D eigenvalue weighted by Gasteiger charge is -2.06. The van der Waals surface area contributed by atoms with Crippen molar-refractivity contribution >= 4 is 46.3 Å². The maximum atomic E-state index is 12.1. The van der Waals surface area contributed by atoms with Crippen molar-refractivity contribution in [1.82, 2.24) is 9.78 Å². The van der Waals surface area contributed by atoms with Crippen molar-refractivity contribution < 1.29 is 4.79 Å². The van der Waals surface area contributed by atoms with Gasteiger partial charge in [0.25, 0.3) is 0 Å². The monoisotopic (exact) mass is 379 g/mol. The predicted octanol–water partition coefficient (Wildman–Crippen LogP) is 4.98. The molecular weight excluding hydrogens is 365 g/mol. The van der Waals surface area contributed by atoms with E-state index < -0.39 is 0 Å². The first-order valence-electron chi connectivity index (χ1n) is 7.43. The van der Waals surface area contributed by atoms with E-state index in [1.165, 1.54) is 0 Å². The Morgan fingerprint density at radius 2 is 2.08 bits per heavy atom. The Balaban J connectivity index is 1.82. The number of carbonyl (C=O) groups is 1. The molecule has 0 fully saturated rings. The Kier molecular flexibility index (Phi) is 5.23. The zero-order valence-corrected chi connectivity index (χ0v) is 15.3. The van der Waals surface area contributed by atoms with Crippen LogP contribution in [0.2, 0.25) is 10.0 Å². The van der Waals surface area contributed by atoms with Crippen molar-refractivity contribution in [2.75, 3.05) is 5.32 Å². The number of carbonyl (C=O) groups excluding carboxylic acids is 1. The van der Waals surface area contributed by atoms with Gasteiger partial charge in [-0.1, -0.05) is 36.2 Å². The molecular formula is C17H15Cl2N3OS. The van der Waals surface area contributed by atoms with Crippen LogP contribution in [0.4, 0.5) is 5.82 Å². The Labute approximate surface area is 154 Å². The summed E-state index contributed by atoms with van der Waals surface area (Å²) < 4.78 is 1.77. The van der Waals surface area contributed by atoms with Crippen molar-refractivity contribution in [3.63, 3.8) is 0 Å². The summed E-state index contributed by atoms with van der Waals surface area (Å²) in [5.74, 6) is 0.443. The molecule has 0 saturated heterocycles. The Bertz CT molecular complexity index is 859. The van der Waals surface area contributed by atoms with E-state index in [2.05, 4.69) is 10.4 Å². The third-order valence-electron chi connectivity index (χ3n) is 3.48. The highest BCUT2D eigenvalue weighted by atomic mass is 35.5. The number of aryl methyl sites for hydroxylation is 1. The molecule has 124 valence electrons. The van der Waals surface area contributed by atoms with Crippen LogP contribution < -0.4 is 5.32 Å². The first-order chi connectivity index (χ1) is 11.6. The van der Waals surface area contributed by atoms with Crippen molar-refractivity contribution in [2.45, 2.75) is 19.8 Å². The van der Waals surface area contributed by atoms with Gasteiger partial charge in [-0.15, -0.1) is 16.4 Å². The second-order valence-electron chi connectivity index (χ2n) is 5.19. The molecule has 2 heterocycles. The second-order valence-corrected chi connectivity index (χ2v) is 7.04. The number of halogens is 2. The lowest BCUT2D eigenvalue weighted by molar-refractivity contribution is -0.115. The van der Waals surface area contributed by atoms with Gasteiger partial charge < -0.3 is 5.32 Å². The molecule has 1 aromatic carbocycles. The molecule has 24 heavy (non-hydrogen) atoms. The fraction of sp³-hybridized carbons (Fsp3) is 0.176. The van der Waals surface area contributed by atoms with Crippen LogP contribution in [0.1, 0.15) is 17.5 Å². The van der Waals surface area contributed by atoms with Crippen LogP contribution in [0.25, 0.3) is 5.69 Å². The highest BCUT2D eigenvalue weighted by Crippen LogP contribution is 2.26. The Morgan fingerprint density at radius 1 is 1.25 bits per heavy atom. The van der Waals surface area contributed by atoms with Crippen LogP contribution in [-0.2, 0) is 17.6 Å². The van der Waals surface area contributed by atoms with Crippen LogP contribution in [-0.4, -0.2) is 15.7 Å². The molecule has 1 N–H and O–H groups in total. The number of thiophene rings is 1. The maximum absolute atomic E-state index is 12.1. The van der Waals surface area contributed by atoms with Gasteiger partial charge in [-0.25, -0.2) is 4.68 Å². The summed E-state index contributed by atoms with van der Waals surface area (Å²) in [7, 11) is 0. The number of aromatic nitrogens is 2. The van der Waals surface area contributed by atoms with Gasteiger partial charge in [0, 0.05) is 16.6 Å². The van der Waals surface area contributed by atoms with E-state index in [4.69, 9.17) is 23.2 Å². The highest BCUT2D eigenvalue weighted by molar-refractivity contribution is 7.10. The molecule has 3 rings (SSSR count). The fourth-order valence-corrected chi connectivity index (χ4v) is 3.33. The van der Waals surface area contributed by atoms with Gasteiger partial charge in [-0.2, -0.15) is 0 Å². The number of hydrogen-bond donors (Lipinski definition) is 1. The van der Waals surface area contributed by atoms with Crippen molar-refractivity contribution in [2.24, 2.45) is 0 Å². The maximum Gasteiger partial charge on any atom is 0.230 e. The molecule has 0 spiro atoms. The van der Waals surface area contributed by atoms with Gasteiger partial charge in [0.05, 0.1) is 22.2 Å². The molecule has 0 aliphatic heterocycles. The van der Waals surface area contributed by atoms with Crippen molar-refractivity contribution in [3.8, 4) is 5.69 Å². The van der Waals surface area contributed by atoms with Crippen LogP contribution in [0, 0.1) is 0 Å². The van der Waals surface area contributed by atoms with Gasteiger partial charge in [-0.05, 0) is 36.1 Å². The normalized spacial score (nSPS) is 10.8. The number of amides is 1. The van der Waals surface area contributed by atoms with Crippen LogP contribution in [0.5, 0.6) is 0 Å². The van der Waals surface area contributed by atoms with Gasteiger partial charge in [0.2, 0.25) is 5.91 Å². The molecule has 0 aliphatic rings. The molecule has 3 aromatic rings. The molecule has 0 atom stereocenters. The van der Waals surface area contributed by atoms with E-state index in [9.17, 15) is 4.79 Å². The van der Waals surface area contributed by atoms with Crippen LogP contribution in [0.3, 0.4) is 0 Å². The summed E-state index contributed by atoms with van der Waals surface area (Å²) >= 11 is 13.6. The number of benzene rings is 1. The average molecular weight is 380 g/mol. The van der Waals surface area contributed by atoms with Crippen LogP contribution in [0.15, 0.2) is 41.8 Å². The number of anilines is 1. The lowest BCUT2D eigenvalue weighted by Crippen LogP contribution is -2.14. The first-order valence-corrected chi connectivity index (χ1v) is 9.07. The van der Waals surface area contributed by atoms with E-state index in [1.807, 2.05) is 36.6 Å². The van der Waals surface area contributed by atoms with E-state index in [0.717, 1.165) is 22.7 Å². The average Bonchev–Trinajstić information content (AvgIpc) is 3.19. The molecule has 1 amide bonds. The summed E-state index contributed by atoms with van der Waals surface area (Å²) in [6.45, 7) is 2.03. The van der Waals surface area contributed by atoms with E-state index in [-0.39, 0.29) is 5.91 Å². The third kappa shape index (κ3) is 3.80. The quantitative estimate of drug-likeness (QED) is 0.678. The minimum absolute atomic E-state index is 0.0844. The summed E-state index contributed by atoms with van der Waals surface area (Å²) in [6, 6.07) is 11.1. The largest absolute Gasteiger partial charge is 0.309 e. The lowest BCUT2D eigenvalue weighted by atomic mass is 10.3. The summed E-state index contributed by atoms with van der Waals surface area (Å²) in [5.41, 5.74) is 1.78. The van der Waals surface area contributed by atoms with Crippen LogP contribution >= 0.6 is 34.5 Å².